The third kappa shape index (κ3) is 5.85. The van der Waals surface area contributed by atoms with E-state index in [1.165, 1.54) is 0 Å². The molecule has 0 aromatic carbocycles. The number of nitrogens with zero attached hydrogens (tertiary/aromatic N) is 2. The lowest BCUT2D eigenvalue weighted by atomic mass is 10.8. The number of anilines is 1. The van der Waals surface area contributed by atoms with Gasteiger partial charge in [-0.25, -0.2) is 8.42 Å². The van der Waals surface area contributed by atoms with Crippen molar-refractivity contribution < 1.29 is 27.9 Å². The number of methoxy groups -OCH3 is 1. The fraction of sp³-hybridized carbons (Fsp3) is 0.429. The second-order valence-corrected chi connectivity index (χ2v) is 6.92. The Hall–Kier alpha value is -1.40. The molecule has 2 N–H and O–H groups in total. The number of carboxylic acid groups (broad SMARTS) is 1. The summed E-state index contributed by atoms with van der Waals surface area (Å²) in [6.45, 7) is 0. The lowest BCUT2D eigenvalue weighted by Gasteiger charge is -2.02. The van der Waals surface area contributed by atoms with Crippen LogP contribution in [0, 0.1) is 0 Å². The van der Waals surface area contributed by atoms with E-state index in [1.54, 1.807) is 0 Å². The first-order valence-corrected chi connectivity index (χ1v) is 8.03. The Bertz CT molecular complexity index is 568. The topological polar surface area (TPSA) is 136 Å². The van der Waals surface area contributed by atoms with Gasteiger partial charge in [-0.05, 0) is 0 Å². The molecule has 0 bridgehead atoms. The zero-order valence-corrected chi connectivity index (χ0v) is 12.0. The fourth-order valence-corrected chi connectivity index (χ4v) is 3.49. The van der Waals surface area contributed by atoms with E-state index >= 15 is 0 Å². The van der Waals surface area contributed by atoms with Gasteiger partial charge in [0.25, 0.3) is 0 Å². The van der Waals surface area contributed by atoms with E-state index in [1.807, 2.05) is 4.72 Å². The predicted molar refractivity (Wildman–Crippen MR) is 67.7 cm³/mol. The van der Waals surface area contributed by atoms with Gasteiger partial charge in [-0.2, -0.15) is 0 Å². The van der Waals surface area contributed by atoms with Crippen molar-refractivity contribution in [2.24, 2.45) is 0 Å². The van der Waals surface area contributed by atoms with Crippen LogP contribution in [0.25, 0.3) is 0 Å². The molecule has 1 aromatic heterocycles. The Morgan fingerprint density at radius 1 is 1.47 bits per heavy atom. The summed E-state index contributed by atoms with van der Waals surface area (Å²) in [5.41, 5.74) is 0. The molecule has 106 valence electrons. The molecular weight excluding hydrogens is 318 g/mol. The predicted octanol–water partition coefficient (Wildman–Crippen LogP) is -0.371. The van der Waals surface area contributed by atoms with Crippen LogP contribution in [0.3, 0.4) is 0 Å². The highest BCUT2D eigenvalue weighted by Crippen LogP contribution is 2.25. The van der Waals surface area contributed by atoms with E-state index in [4.69, 9.17) is 5.11 Å². The minimum Gasteiger partial charge on any atom is -0.481 e. The van der Waals surface area contributed by atoms with Gasteiger partial charge in [0.15, 0.2) is 10.1 Å². The van der Waals surface area contributed by atoms with Crippen molar-refractivity contribution in [1.82, 2.24) is 10.2 Å². The number of carboxylic acids is 1. The molecule has 1 rings (SSSR count). The molecule has 0 amide bonds. The molecule has 0 aliphatic carbocycles. The summed E-state index contributed by atoms with van der Waals surface area (Å²) in [6.07, 6.45) is 0. The Morgan fingerprint density at radius 3 is 2.74 bits per heavy atom. The second-order valence-electron chi connectivity index (χ2n) is 2.99. The summed E-state index contributed by atoms with van der Waals surface area (Å²) < 4.78 is 29.5. The minimum absolute atomic E-state index is 0.0446. The van der Waals surface area contributed by atoms with Crippen LogP contribution in [-0.4, -0.2) is 54.3 Å². The third-order valence-electron chi connectivity index (χ3n) is 1.50. The number of carbonyl (C=O) groups is 2. The number of thioether (sulfide) groups is 1. The zero-order valence-electron chi connectivity index (χ0n) is 9.52. The van der Waals surface area contributed by atoms with Crippen molar-refractivity contribution >= 4 is 50.2 Å². The van der Waals surface area contributed by atoms with Crippen molar-refractivity contribution in [2.75, 3.05) is 23.3 Å². The van der Waals surface area contributed by atoms with Crippen LogP contribution in [0.15, 0.2) is 4.34 Å². The van der Waals surface area contributed by atoms with Gasteiger partial charge in [-0.15, -0.1) is 10.2 Å². The smallest absolute Gasteiger partial charge is 0.322 e. The van der Waals surface area contributed by atoms with E-state index in [0.717, 1.165) is 30.2 Å². The van der Waals surface area contributed by atoms with Crippen molar-refractivity contribution in [3.63, 3.8) is 0 Å². The minimum atomic E-state index is -3.91. The van der Waals surface area contributed by atoms with Crippen molar-refractivity contribution in [2.45, 2.75) is 4.34 Å². The molecule has 12 heteroatoms. The molecule has 0 fully saturated rings. The van der Waals surface area contributed by atoms with E-state index < -0.39 is 27.7 Å². The molecule has 0 aliphatic rings. The quantitative estimate of drug-likeness (QED) is 0.507. The van der Waals surface area contributed by atoms with E-state index in [9.17, 15) is 18.0 Å². The number of carbonyl (C=O) groups excluding carboxylic acids is 1. The highest BCUT2D eigenvalue weighted by Gasteiger charge is 2.19. The number of rotatable bonds is 7. The Balaban J connectivity index is 2.62. The maximum Gasteiger partial charge on any atom is 0.322 e. The van der Waals surface area contributed by atoms with Crippen LogP contribution in [0.1, 0.15) is 0 Å². The molecule has 0 radical (unpaired) electrons. The second kappa shape index (κ2) is 6.68. The summed E-state index contributed by atoms with van der Waals surface area (Å²) in [5, 5.41) is 15.5. The molecule has 0 spiro atoms. The van der Waals surface area contributed by atoms with Gasteiger partial charge >= 0.3 is 11.9 Å². The fourth-order valence-electron chi connectivity index (χ4n) is 0.816. The summed E-state index contributed by atoms with van der Waals surface area (Å²) >= 11 is 1.78. The number of aromatic nitrogens is 2. The van der Waals surface area contributed by atoms with Gasteiger partial charge in [-0.3, -0.25) is 14.3 Å². The Morgan fingerprint density at radius 2 is 2.16 bits per heavy atom. The van der Waals surface area contributed by atoms with Crippen LogP contribution in [0.2, 0.25) is 0 Å². The molecule has 9 nitrogen and oxygen atoms in total. The summed E-state index contributed by atoms with van der Waals surface area (Å²) in [4.78, 5) is 21.2. The molecule has 0 atom stereocenters. The normalized spacial score (nSPS) is 11.0. The molecule has 1 heterocycles. The van der Waals surface area contributed by atoms with Crippen LogP contribution in [0.5, 0.6) is 0 Å². The van der Waals surface area contributed by atoms with Crippen molar-refractivity contribution in [3.05, 3.63) is 0 Å². The lowest BCUT2D eigenvalue weighted by molar-refractivity contribution is -0.137. The van der Waals surface area contributed by atoms with Gasteiger partial charge in [0.05, 0.1) is 12.9 Å². The van der Waals surface area contributed by atoms with Crippen LogP contribution in [0.4, 0.5) is 5.13 Å². The van der Waals surface area contributed by atoms with E-state index in [2.05, 4.69) is 14.9 Å². The monoisotopic (exact) mass is 327 g/mol. The summed E-state index contributed by atoms with van der Waals surface area (Å²) in [6, 6.07) is 0. The first-order valence-electron chi connectivity index (χ1n) is 4.58. The summed E-state index contributed by atoms with van der Waals surface area (Å²) in [5.74, 6) is -2.96. The number of ether oxygens (including phenoxy) is 1. The van der Waals surface area contributed by atoms with E-state index in [-0.39, 0.29) is 10.9 Å². The lowest BCUT2D eigenvalue weighted by Crippen LogP contribution is -2.23. The summed E-state index contributed by atoms with van der Waals surface area (Å²) in [7, 11) is -2.83. The number of hydrogen-bond donors (Lipinski definition) is 2. The molecular formula is C7H9N3O6S3. The standard InChI is InChI=1S/C7H9N3O6S3/c1-16-5(13)3-19(14,15)10-6-8-9-7(18-6)17-2-4(11)12/h2-3H2,1H3,(H,8,10)(H,11,12). The number of nitrogens with one attached hydrogen (secondary N) is 1. The molecule has 0 saturated heterocycles. The maximum atomic E-state index is 11.5. The Labute approximate surface area is 116 Å². The van der Waals surface area contributed by atoms with Gasteiger partial charge < -0.3 is 9.84 Å². The third-order valence-corrected chi connectivity index (χ3v) is 4.71. The van der Waals surface area contributed by atoms with Crippen LogP contribution >= 0.6 is 23.1 Å². The molecule has 19 heavy (non-hydrogen) atoms. The SMILES string of the molecule is COC(=O)CS(=O)(=O)Nc1nnc(SCC(=O)O)s1. The zero-order chi connectivity index (χ0) is 14.5. The number of aliphatic carboxylic acids is 1. The molecule has 0 unspecified atom stereocenters. The first kappa shape index (κ1) is 15.7. The first-order chi connectivity index (χ1) is 8.82. The van der Waals surface area contributed by atoms with Crippen molar-refractivity contribution in [3.8, 4) is 0 Å². The van der Waals surface area contributed by atoms with Crippen LogP contribution < -0.4 is 4.72 Å². The average molecular weight is 327 g/mol. The van der Waals surface area contributed by atoms with Crippen molar-refractivity contribution in [1.29, 1.82) is 0 Å². The number of sulfonamides is 1. The highest BCUT2D eigenvalue weighted by molar-refractivity contribution is 8.01. The van der Waals surface area contributed by atoms with E-state index in [0.29, 0.717) is 4.34 Å². The Kier molecular flexibility index (Phi) is 5.50. The molecule has 1 aromatic rings. The largest absolute Gasteiger partial charge is 0.481 e. The number of esters is 1. The van der Waals surface area contributed by atoms with Gasteiger partial charge in [0, 0.05) is 0 Å². The average Bonchev–Trinajstić information content (AvgIpc) is 2.72. The van der Waals surface area contributed by atoms with Gasteiger partial charge in [0.2, 0.25) is 15.2 Å². The van der Waals surface area contributed by atoms with Gasteiger partial charge in [0.1, 0.15) is 0 Å². The number of hydrogen-bond acceptors (Lipinski definition) is 9. The molecule has 0 saturated carbocycles. The van der Waals surface area contributed by atoms with Gasteiger partial charge in [-0.1, -0.05) is 23.1 Å². The van der Waals surface area contributed by atoms with Crippen LogP contribution in [-0.2, 0) is 24.3 Å². The molecule has 0 aliphatic heterocycles. The maximum absolute atomic E-state index is 11.5. The highest BCUT2D eigenvalue weighted by atomic mass is 32.2.